The van der Waals surface area contributed by atoms with Gasteiger partial charge in [-0.15, -0.1) is 0 Å². The summed E-state index contributed by atoms with van der Waals surface area (Å²) in [5.41, 5.74) is -1.67. The smallest absolute Gasteiger partial charge is 0.407 e. The molecule has 0 bridgehead atoms. The Morgan fingerprint density at radius 1 is 1.09 bits per heavy atom. The number of aliphatic hydroxyl groups excluding tert-OH is 1. The summed E-state index contributed by atoms with van der Waals surface area (Å²) in [5, 5.41) is 14.1. The molecule has 6 nitrogen and oxygen atoms in total. The van der Waals surface area contributed by atoms with Gasteiger partial charge in [0.2, 0.25) is 0 Å². The molecule has 0 heterocycles. The Labute approximate surface area is 133 Å². The number of carbonyl (C=O) groups is 2. The molecule has 0 spiro atoms. The Morgan fingerprint density at radius 3 is 1.91 bits per heavy atom. The molecule has 2 amide bonds. The van der Waals surface area contributed by atoms with Gasteiger partial charge in [-0.2, -0.15) is 13.2 Å². The van der Waals surface area contributed by atoms with Crippen molar-refractivity contribution < 1.29 is 32.6 Å². The molecule has 23 heavy (non-hydrogen) atoms. The summed E-state index contributed by atoms with van der Waals surface area (Å²) in [7, 11) is 0. The highest BCUT2D eigenvalue weighted by Crippen LogP contribution is 2.23. The first kappa shape index (κ1) is 21.5. The van der Waals surface area contributed by atoms with E-state index in [1.165, 1.54) is 20.8 Å². The van der Waals surface area contributed by atoms with Crippen molar-refractivity contribution in [1.29, 1.82) is 0 Å². The highest BCUT2D eigenvalue weighted by molar-refractivity contribution is 5.82. The second-order valence-corrected chi connectivity index (χ2v) is 7.26. The first-order valence-corrected chi connectivity index (χ1v) is 7.06. The molecule has 0 radical (unpaired) electrons. The number of amides is 2. The van der Waals surface area contributed by atoms with Gasteiger partial charge in [0, 0.05) is 5.54 Å². The monoisotopic (exact) mass is 342 g/mol. The molecule has 0 aromatic rings. The van der Waals surface area contributed by atoms with Gasteiger partial charge in [0.15, 0.2) is 6.10 Å². The molecule has 9 heteroatoms. The van der Waals surface area contributed by atoms with E-state index in [2.05, 4.69) is 5.32 Å². The zero-order valence-corrected chi connectivity index (χ0v) is 14.2. The van der Waals surface area contributed by atoms with Crippen molar-refractivity contribution in [2.24, 2.45) is 0 Å². The second kappa shape index (κ2) is 7.37. The fourth-order valence-electron chi connectivity index (χ4n) is 1.58. The zero-order chi connectivity index (χ0) is 18.6. The number of hydrogen-bond donors (Lipinski definition) is 3. The molecule has 2 unspecified atom stereocenters. The van der Waals surface area contributed by atoms with Gasteiger partial charge in [-0.05, 0) is 41.5 Å². The van der Waals surface area contributed by atoms with Crippen molar-refractivity contribution in [1.82, 2.24) is 10.6 Å². The summed E-state index contributed by atoms with van der Waals surface area (Å²) < 4.78 is 42.7. The van der Waals surface area contributed by atoms with Crippen molar-refractivity contribution in [2.75, 3.05) is 0 Å². The van der Waals surface area contributed by atoms with Crippen molar-refractivity contribution in [3.63, 3.8) is 0 Å². The fourth-order valence-corrected chi connectivity index (χ4v) is 1.58. The number of halogens is 3. The lowest BCUT2D eigenvalue weighted by atomic mass is 10.0. The van der Waals surface area contributed by atoms with E-state index in [0.717, 1.165) is 0 Å². The van der Waals surface area contributed by atoms with E-state index in [9.17, 15) is 27.9 Å². The number of nitrogens with one attached hydrogen (secondary N) is 2. The first-order valence-electron chi connectivity index (χ1n) is 7.06. The maximum absolute atomic E-state index is 12.6. The van der Waals surface area contributed by atoms with Crippen LogP contribution in [-0.4, -0.2) is 46.6 Å². The van der Waals surface area contributed by atoms with Crippen LogP contribution in [0.4, 0.5) is 18.0 Å². The third-order valence-corrected chi connectivity index (χ3v) is 2.30. The van der Waals surface area contributed by atoms with Crippen molar-refractivity contribution in [3.8, 4) is 0 Å². The van der Waals surface area contributed by atoms with Gasteiger partial charge >= 0.3 is 12.3 Å². The Balaban J connectivity index is 5.07. The lowest BCUT2D eigenvalue weighted by molar-refractivity contribution is -0.151. The molecule has 136 valence electrons. The molecule has 0 saturated heterocycles. The van der Waals surface area contributed by atoms with Crippen LogP contribution in [0.5, 0.6) is 0 Å². The molecule has 0 fully saturated rings. The van der Waals surface area contributed by atoms with Crippen LogP contribution < -0.4 is 10.6 Å². The maximum atomic E-state index is 12.6. The quantitative estimate of drug-likeness (QED) is 0.730. The number of carbonyl (C=O) groups excluding carboxylic acids is 2. The van der Waals surface area contributed by atoms with Crippen LogP contribution in [0.3, 0.4) is 0 Å². The van der Waals surface area contributed by atoms with Gasteiger partial charge < -0.3 is 20.5 Å². The Hall–Kier alpha value is -1.51. The molecule has 2 atom stereocenters. The van der Waals surface area contributed by atoms with Crippen molar-refractivity contribution in [2.45, 2.75) is 77.4 Å². The summed E-state index contributed by atoms with van der Waals surface area (Å²) in [5.74, 6) is -1.01. The van der Waals surface area contributed by atoms with Crippen LogP contribution >= 0.6 is 0 Å². The minimum absolute atomic E-state index is 0.743. The summed E-state index contributed by atoms with van der Waals surface area (Å²) >= 11 is 0. The van der Waals surface area contributed by atoms with E-state index in [1.807, 2.05) is 5.32 Å². The number of aliphatic hydroxyl groups is 1. The molecule has 0 aliphatic carbocycles. The fraction of sp³-hybridized carbons (Fsp3) is 0.857. The molecule has 0 saturated carbocycles. The van der Waals surface area contributed by atoms with Gasteiger partial charge in [-0.1, -0.05) is 0 Å². The zero-order valence-electron chi connectivity index (χ0n) is 14.2. The number of alkyl carbamates (subject to hydrolysis) is 1. The number of ether oxygens (including phenoxy) is 1. The van der Waals surface area contributed by atoms with Crippen molar-refractivity contribution in [3.05, 3.63) is 0 Å². The average Bonchev–Trinajstić information content (AvgIpc) is 2.19. The van der Waals surface area contributed by atoms with E-state index >= 15 is 0 Å². The average molecular weight is 342 g/mol. The molecule has 0 rings (SSSR count). The Kier molecular flexibility index (Phi) is 6.89. The number of hydrogen-bond acceptors (Lipinski definition) is 4. The predicted molar refractivity (Wildman–Crippen MR) is 77.7 cm³/mol. The molecule has 0 aliphatic rings. The van der Waals surface area contributed by atoms with Gasteiger partial charge in [-0.3, -0.25) is 4.79 Å². The molecular formula is C14H25F3N2O4. The highest BCUT2D eigenvalue weighted by atomic mass is 19.4. The molecule has 0 aliphatic heterocycles. The molecule has 0 aromatic heterocycles. The van der Waals surface area contributed by atoms with E-state index in [4.69, 9.17) is 4.74 Å². The maximum Gasteiger partial charge on any atom is 0.407 e. The topological polar surface area (TPSA) is 87.7 Å². The standard InChI is InChI=1S/C14H25F3N2O4/c1-12(2,3)19-10(21)9(20)8(7-14(15,16)17)18-11(22)23-13(4,5)6/h8-9,20H,7H2,1-6H3,(H,18,22)(H,19,21). The van der Waals surface area contributed by atoms with Gasteiger partial charge in [0.1, 0.15) is 5.60 Å². The van der Waals surface area contributed by atoms with Crippen LogP contribution in [-0.2, 0) is 9.53 Å². The lowest BCUT2D eigenvalue weighted by Crippen LogP contribution is -2.55. The minimum Gasteiger partial charge on any atom is -0.444 e. The third-order valence-electron chi connectivity index (χ3n) is 2.30. The van der Waals surface area contributed by atoms with Gasteiger partial charge in [0.05, 0.1) is 12.5 Å². The van der Waals surface area contributed by atoms with Crippen LogP contribution in [0.15, 0.2) is 0 Å². The number of rotatable bonds is 4. The van der Waals surface area contributed by atoms with Crippen LogP contribution in [0.25, 0.3) is 0 Å². The van der Waals surface area contributed by atoms with Crippen LogP contribution in [0.2, 0.25) is 0 Å². The number of alkyl halides is 3. The summed E-state index contributed by atoms with van der Waals surface area (Å²) in [4.78, 5) is 23.5. The Bertz CT molecular complexity index is 425. The van der Waals surface area contributed by atoms with E-state index in [1.54, 1.807) is 20.8 Å². The predicted octanol–water partition coefficient (Wildman–Crippen LogP) is 2.11. The van der Waals surface area contributed by atoms with Crippen LogP contribution in [0, 0.1) is 0 Å². The molecule has 3 N–H and O–H groups in total. The highest BCUT2D eigenvalue weighted by Gasteiger charge is 2.39. The van der Waals surface area contributed by atoms with E-state index in [-0.39, 0.29) is 0 Å². The Morgan fingerprint density at radius 2 is 1.57 bits per heavy atom. The SMILES string of the molecule is CC(C)(C)NC(=O)C(O)C(CC(F)(F)F)NC(=O)OC(C)(C)C. The largest absolute Gasteiger partial charge is 0.444 e. The minimum atomic E-state index is -4.68. The molecule has 0 aromatic carbocycles. The van der Waals surface area contributed by atoms with E-state index < -0.39 is 47.9 Å². The third kappa shape index (κ3) is 10.8. The van der Waals surface area contributed by atoms with E-state index in [0.29, 0.717) is 0 Å². The second-order valence-electron chi connectivity index (χ2n) is 7.26. The van der Waals surface area contributed by atoms with Crippen LogP contribution in [0.1, 0.15) is 48.0 Å². The summed E-state index contributed by atoms with van der Waals surface area (Å²) in [6, 6.07) is -1.85. The summed E-state index contributed by atoms with van der Waals surface area (Å²) in [6.45, 7) is 9.43. The molecular weight excluding hydrogens is 317 g/mol. The van der Waals surface area contributed by atoms with Crippen molar-refractivity contribution >= 4 is 12.0 Å². The first-order chi connectivity index (χ1) is 10.0. The lowest BCUT2D eigenvalue weighted by Gasteiger charge is -2.29. The van der Waals surface area contributed by atoms with Gasteiger partial charge in [0.25, 0.3) is 5.91 Å². The summed E-state index contributed by atoms with van der Waals surface area (Å²) in [6.07, 6.45) is -9.45. The van der Waals surface area contributed by atoms with Gasteiger partial charge in [-0.25, -0.2) is 4.79 Å². The normalized spacial score (nSPS) is 15.6.